The van der Waals surface area contributed by atoms with E-state index in [1.165, 1.54) is 7.11 Å². The Hall–Kier alpha value is -2.50. The Bertz CT molecular complexity index is 968. The molecule has 7 heteroatoms. The number of aromatic nitrogens is 1. The second-order valence-electron chi connectivity index (χ2n) is 5.71. The quantitative estimate of drug-likeness (QED) is 0.647. The first-order valence-electron chi connectivity index (χ1n) is 7.89. The molecule has 0 aliphatic rings. The van der Waals surface area contributed by atoms with E-state index >= 15 is 0 Å². The third-order valence-electron chi connectivity index (χ3n) is 4.09. The van der Waals surface area contributed by atoms with Crippen LogP contribution >= 0.6 is 23.2 Å². The topological polar surface area (TPSA) is 71.2 Å². The van der Waals surface area contributed by atoms with Crippen LogP contribution in [0.25, 0.3) is 10.9 Å². The van der Waals surface area contributed by atoms with Crippen LogP contribution in [0.2, 0.25) is 10.0 Å². The number of H-pyrrole nitrogens is 1. The summed E-state index contributed by atoms with van der Waals surface area (Å²) in [6.07, 6.45) is 2.10. The Labute approximate surface area is 160 Å². The molecule has 0 spiro atoms. The lowest BCUT2D eigenvalue weighted by Crippen LogP contribution is -2.43. The second-order valence-corrected chi connectivity index (χ2v) is 6.50. The van der Waals surface area contributed by atoms with Crippen molar-refractivity contribution in [3.8, 4) is 0 Å². The van der Waals surface area contributed by atoms with Crippen LogP contribution in [0, 0.1) is 0 Å². The lowest BCUT2D eigenvalue weighted by Gasteiger charge is -2.17. The summed E-state index contributed by atoms with van der Waals surface area (Å²) in [4.78, 5) is 27.9. The summed E-state index contributed by atoms with van der Waals surface area (Å²) in [6, 6.07) is 11.6. The Kier molecular flexibility index (Phi) is 5.49. The fraction of sp³-hybridized carbons (Fsp3) is 0.158. The molecule has 1 amide bonds. The second kappa shape index (κ2) is 7.81. The summed E-state index contributed by atoms with van der Waals surface area (Å²) in [7, 11) is 1.28. The molecular formula is C19H16Cl2N2O3. The number of carbonyl (C=O) groups excluding carboxylic acids is 2. The predicted molar refractivity (Wildman–Crippen MR) is 102 cm³/mol. The van der Waals surface area contributed by atoms with Gasteiger partial charge in [0.05, 0.1) is 22.7 Å². The lowest BCUT2D eigenvalue weighted by molar-refractivity contribution is -0.142. The fourth-order valence-electron chi connectivity index (χ4n) is 2.77. The number of hydrogen-bond acceptors (Lipinski definition) is 3. The smallest absolute Gasteiger partial charge is 0.328 e. The van der Waals surface area contributed by atoms with E-state index in [0.29, 0.717) is 0 Å². The van der Waals surface area contributed by atoms with E-state index in [2.05, 4.69) is 10.3 Å². The number of aromatic amines is 1. The van der Waals surface area contributed by atoms with Gasteiger partial charge in [-0.25, -0.2) is 4.79 Å². The van der Waals surface area contributed by atoms with Crippen LogP contribution in [0.5, 0.6) is 0 Å². The number of methoxy groups -OCH3 is 1. The highest BCUT2D eigenvalue weighted by Gasteiger charge is 2.25. The molecule has 0 radical (unpaired) electrons. The summed E-state index contributed by atoms with van der Waals surface area (Å²) in [6.45, 7) is 0. The standard InChI is InChI=1S/C19H16Cl2N2O3/c1-26-19(25)16(9-11-10-22-15-8-3-2-5-12(11)15)23-18(24)13-6-4-7-14(20)17(13)21/h2-8,10,16,22H,9H2,1H3,(H,23,24). The number of amides is 1. The summed E-state index contributed by atoms with van der Waals surface area (Å²) < 4.78 is 4.84. The monoisotopic (exact) mass is 390 g/mol. The number of rotatable bonds is 5. The van der Waals surface area contributed by atoms with Gasteiger partial charge in [0.2, 0.25) is 0 Å². The first kappa shape index (κ1) is 18.3. The van der Waals surface area contributed by atoms with Crippen molar-refractivity contribution in [2.24, 2.45) is 0 Å². The molecule has 1 aromatic heterocycles. The van der Waals surface area contributed by atoms with Crippen molar-refractivity contribution in [1.82, 2.24) is 10.3 Å². The number of carbonyl (C=O) groups is 2. The lowest BCUT2D eigenvalue weighted by atomic mass is 10.0. The molecule has 1 atom stereocenters. The number of hydrogen-bond donors (Lipinski definition) is 2. The van der Waals surface area contributed by atoms with Gasteiger partial charge < -0.3 is 15.0 Å². The van der Waals surface area contributed by atoms with Crippen LogP contribution in [0.4, 0.5) is 0 Å². The number of halogens is 2. The number of nitrogens with one attached hydrogen (secondary N) is 2. The molecule has 0 fully saturated rings. The number of esters is 1. The average Bonchev–Trinajstić information content (AvgIpc) is 3.05. The van der Waals surface area contributed by atoms with E-state index in [-0.39, 0.29) is 22.0 Å². The Morgan fingerprint density at radius 2 is 1.92 bits per heavy atom. The number of benzene rings is 2. The van der Waals surface area contributed by atoms with Crippen LogP contribution in [-0.2, 0) is 16.0 Å². The highest BCUT2D eigenvalue weighted by Crippen LogP contribution is 2.26. The molecule has 0 aliphatic carbocycles. The van der Waals surface area contributed by atoms with E-state index in [0.717, 1.165) is 16.5 Å². The van der Waals surface area contributed by atoms with Crippen LogP contribution in [0.15, 0.2) is 48.7 Å². The minimum atomic E-state index is -0.859. The summed E-state index contributed by atoms with van der Waals surface area (Å²) >= 11 is 12.0. The molecule has 0 bridgehead atoms. The molecule has 1 unspecified atom stereocenters. The van der Waals surface area contributed by atoms with Crippen molar-refractivity contribution in [2.45, 2.75) is 12.5 Å². The molecule has 3 aromatic rings. The summed E-state index contributed by atoms with van der Waals surface area (Å²) in [5.74, 6) is -1.03. The minimum Gasteiger partial charge on any atom is -0.467 e. The normalized spacial score (nSPS) is 12.0. The number of fused-ring (bicyclic) bond motifs is 1. The zero-order valence-electron chi connectivity index (χ0n) is 13.9. The van der Waals surface area contributed by atoms with E-state index in [1.54, 1.807) is 18.2 Å². The van der Waals surface area contributed by atoms with E-state index in [9.17, 15) is 9.59 Å². The summed E-state index contributed by atoms with van der Waals surface area (Å²) in [5.41, 5.74) is 2.05. The van der Waals surface area contributed by atoms with E-state index in [1.807, 2.05) is 30.5 Å². The van der Waals surface area contributed by atoms with Crippen molar-refractivity contribution in [3.63, 3.8) is 0 Å². The van der Waals surface area contributed by atoms with Gasteiger partial charge in [0, 0.05) is 23.5 Å². The number of para-hydroxylation sites is 1. The average molecular weight is 391 g/mol. The van der Waals surface area contributed by atoms with Crippen LogP contribution in [-0.4, -0.2) is 30.0 Å². The Morgan fingerprint density at radius 1 is 1.15 bits per heavy atom. The molecule has 3 rings (SSSR count). The molecule has 0 saturated heterocycles. The van der Waals surface area contributed by atoms with Gasteiger partial charge in [0.1, 0.15) is 6.04 Å². The number of ether oxygens (including phenoxy) is 1. The Morgan fingerprint density at radius 3 is 2.69 bits per heavy atom. The molecule has 2 aromatic carbocycles. The van der Waals surface area contributed by atoms with Crippen molar-refractivity contribution < 1.29 is 14.3 Å². The van der Waals surface area contributed by atoms with Crippen molar-refractivity contribution in [2.75, 3.05) is 7.11 Å². The predicted octanol–water partition coefficient (Wildman–Crippen LogP) is 3.99. The largest absolute Gasteiger partial charge is 0.467 e. The highest BCUT2D eigenvalue weighted by atomic mass is 35.5. The van der Waals surface area contributed by atoms with Gasteiger partial charge in [-0.05, 0) is 23.8 Å². The Balaban J connectivity index is 1.86. The van der Waals surface area contributed by atoms with E-state index in [4.69, 9.17) is 27.9 Å². The molecule has 134 valence electrons. The first-order valence-corrected chi connectivity index (χ1v) is 8.64. The van der Waals surface area contributed by atoms with Crippen LogP contribution in [0.1, 0.15) is 15.9 Å². The zero-order chi connectivity index (χ0) is 18.7. The van der Waals surface area contributed by atoms with Crippen molar-refractivity contribution in [1.29, 1.82) is 0 Å². The minimum absolute atomic E-state index is 0.141. The van der Waals surface area contributed by atoms with Gasteiger partial charge >= 0.3 is 5.97 Å². The first-order chi connectivity index (χ1) is 12.5. The third kappa shape index (κ3) is 3.69. The molecule has 0 saturated carbocycles. The molecular weight excluding hydrogens is 375 g/mol. The maximum absolute atomic E-state index is 12.6. The maximum Gasteiger partial charge on any atom is 0.328 e. The van der Waals surface area contributed by atoms with Gasteiger partial charge in [-0.15, -0.1) is 0 Å². The van der Waals surface area contributed by atoms with Gasteiger partial charge in [0.15, 0.2) is 0 Å². The van der Waals surface area contributed by atoms with Gasteiger partial charge in [-0.2, -0.15) is 0 Å². The zero-order valence-corrected chi connectivity index (χ0v) is 15.4. The summed E-state index contributed by atoms with van der Waals surface area (Å²) in [5, 5.41) is 4.08. The van der Waals surface area contributed by atoms with Crippen LogP contribution in [0.3, 0.4) is 0 Å². The third-order valence-corrected chi connectivity index (χ3v) is 4.91. The van der Waals surface area contributed by atoms with Crippen molar-refractivity contribution in [3.05, 3.63) is 69.8 Å². The maximum atomic E-state index is 12.6. The molecule has 26 heavy (non-hydrogen) atoms. The fourth-order valence-corrected chi connectivity index (χ4v) is 3.16. The van der Waals surface area contributed by atoms with Crippen LogP contribution < -0.4 is 5.32 Å². The van der Waals surface area contributed by atoms with Gasteiger partial charge in [-0.1, -0.05) is 47.5 Å². The molecule has 5 nitrogen and oxygen atoms in total. The van der Waals surface area contributed by atoms with Gasteiger partial charge in [-0.3, -0.25) is 4.79 Å². The molecule has 2 N–H and O–H groups in total. The SMILES string of the molecule is COC(=O)C(Cc1c[nH]c2ccccc12)NC(=O)c1cccc(Cl)c1Cl. The van der Waals surface area contributed by atoms with E-state index < -0.39 is 17.9 Å². The molecule has 1 heterocycles. The molecule has 0 aliphatic heterocycles. The van der Waals surface area contributed by atoms with Gasteiger partial charge in [0.25, 0.3) is 5.91 Å². The highest BCUT2D eigenvalue weighted by molar-refractivity contribution is 6.43. The van der Waals surface area contributed by atoms with Crippen molar-refractivity contribution >= 4 is 46.0 Å².